The predicted octanol–water partition coefficient (Wildman–Crippen LogP) is 2.81. The molecule has 1 fully saturated rings. The number of nitrogens with one attached hydrogen (secondary N) is 2. The summed E-state index contributed by atoms with van der Waals surface area (Å²) >= 11 is 0. The fraction of sp³-hybridized carbons (Fsp3) is 0.417. The number of aromatic amines is 1. The SMILES string of the molecule is CNc1nc(C2CCCN2C(=O)Cc2c[nH]c3ccccc23)nc2c1CCN(C(C)=O)C2. The van der Waals surface area contributed by atoms with E-state index in [4.69, 9.17) is 9.97 Å². The molecule has 3 aromatic rings. The van der Waals surface area contributed by atoms with Crippen molar-refractivity contribution in [3.8, 4) is 0 Å². The van der Waals surface area contributed by atoms with Gasteiger partial charge in [-0.1, -0.05) is 18.2 Å². The van der Waals surface area contributed by atoms with Gasteiger partial charge >= 0.3 is 0 Å². The zero-order valence-corrected chi connectivity index (χ0v) is 18.5. The van der Waals surface area contributed by atoms with Crippen molar-refractivity contribution in [1.82, 2.24) is 24.8 Å². The number of para-hydroxylation sites is 1. The summed E-state index contributed by atoms with van der Waals surface area (Å²) in [5, 5.41) is 4.29. The molecule has 2 aromatic heterocycles. The molecule has 8 nitrogen and oxygen atoms in total. The first-order valence-corrected chi connectivity index (χ1v) is 11.2. The summed E-state index contributed by atoms with van der Waals surface area (Å²) in [5.74, 6) is 1.63. The van der Waals surface area contributed by atoms with Crippen LogP contribution in [-0.4, -0.2) is 56.7 Å². The fourth-order valence-corrected chi connectivity index (χ4v) is 4.95. The Balaban J connectivity index is 1.42. The number of aromatic nitrogens is 3. The van der Waals surface area contributed by atoms with Crippen LogP contribution in [0, 0.1) is 0 Å². The lowest BCUT2D eigenvalue weighted by molar-refractivity contribution is -0.131. The van der Waals surface area contributed by atoms with E-state index in [9.17, 15) is 9.59 Å². The Kier molecular flexibility index (Phi) is 5.28. The maximum atomic E-state index is 13.3. The Morgan fingerprint density at radius 2 is 2.06 bits per heavy atom. The highest BCUT2D eigenvalue weighted by atomic mass is 16.2. The molecule has 0 aliphatic carbocycles. The van der Waals surface area contributed by atoms with Crippen molar-refractivity contribution in [3.63, 3.8) is 0 Å². The lowest BCUT2D eigenvalue weighted by atomic mass is 10.0. The molecule has 1 unspecified atom stereocenters. The van der Waals surface area contributed by atoms with Gasteiger partial charge in [-0.25, -0.2) is 9.97 Å². The van der Waals surface area contributed by atoms with Gasteiger partial charge in [0, 0.05) is 49.7 Å². The van der Waals surface area contributed by atoms with Crippen LogP contribution in [0.15, 0.2) is 30.5 Å². The molecule has 8 heteroatoms. The molecule has 32 heavy (non-hydrogen) atoms. The molecule has 0 bridgehead atoms. The number of hydrogen-bond donors (Lipinski definition) is 2. The number of benzene rings is 1. The van der Waals surface area contributed by atoms with Crippen LogP contribution in [0.25, 0.3) is 10.9 Å². The maximum absolute atomic E-state index is 13.3. The van der Waals surface area contributed by atoms with Crippen molar-refractivity contribution in [2.75, 3.05) is 25.5 Å². The third-order valence-electron chi connectivity index (χ3n) is 6.65. The predicted molar refractivity (Wildman–Crippen MR) is 122 cm³/mol. The van der Waals surface area contributed by atoms with Gasteiger partial charge in [0.25, 0.3) is 0 Å². The van der Waals surface area contributed by atoms with Gasteiger partial charge in [-0.05, 0) is 30.9 Å². The highest BCUT2D eigenvalue weighted by molar-refractivity contribution is 5.89. The third kappa shape index (κ3) is 3.59. The number of carbonyl (C=O) groups excluding carboxylic acids is 2. The number of rotatable bonds is 4. The molecular formula is C24H28N6O2. The number of amides is 2. The Hall–Kier alpha value is -3.42. The molecule has 4 heterocycles. The number of hydrogen-bond acceptors (Lipinski definition) is 5. The van der Waals surface area contributed by atoms with Crippen LogP contribution in [0.5, 0.6) is 0 Å². The van der Waals surface area contributed by atoms with Gasteiger partial charge in [-0.3, -0.25) is 9.59 Å². The van der Waals surface area contributed by atoms with Gasteiger partial charge in [0.2, 0.25) is 11.8 Å². The quantitative estimate of drug-likeness (QED) is 0.661. The van der Waals surface area contributed by atoms with Crippen LogP contribution < -0.4 is 5.32 Å². The average molecular weight is 433 g/mol. The Labute approximate surface area is 187 Å². The van der Waals surface area contributed by atoms with Gasteiger partial charge in [-0.2, -0.15) is 0 Å². The van der Waals surface area contributed by atoms with Gasteiger partial charge in [0.05, 0.1) is 24.7 Å². The topological polar surface area (TPSA) is 94.2 Å². The van der Waals surface area contributed by atoms with E-state index in [1.54, 1.807) is 6.92 Å². The summed E-state index contributed by atoms with van der Waals surface area (Å²) in [5.41, 5.74) is 4.01. The van der Waals surface area contributed by atoms with Crippen LogP contribution in [-0.2, 0) is 29.0 Å². The largest absolute Gasteiger partial charge is 0.373 e. The van der Waals surface area contributed by atoms with E-state index in [1.165, 1.54) is 0 Å². The first kappa shape index (κ1) is 20.5. The summed E-state index contributed by atoms with van der Waals surface area (Å²) in [4.78, 5) is 41.9. The number of H-pyrrole nitrogens is 1. The molecule has 0 spiro atoms. The van der Waals surface area contributed by atoms with Crippen molar-refractivity contribution in [3.05, 3.63) is 53.1 Å². The summed E-state index contributed by atoms with van der Waals surface area (Å²) in [7, 11) is 1.86. The molecule has 5 rings (SSSR count). The number of fused-ring (bicyclic) bond motifs is 2. The Bertz CT molecular complexity index is 1190. The second-order valence-corrected chi connectivity index (χ2v) is 8.58. The van der Waals surface area contributed by atoms with Crippen LogP contribution in [0.4, 0.5) is 5.82 Å². The molecule has 2 aliphatic rings. The summed E-state index contributed by atoms with van der Waals surface area (Å²) in [6, 6.07) is 7.90. The van der Waals surface area contributed by atoms with Gasteiger partial charge in [0.1, 0.15) is 5.82 Å². The minimum Gasteiger partial charge on any atom is -0.373 e. The van der Waals surface area contributed by atoms with Crippen molar-refractivity contribution < 1.29 is 9.59 Å². The second kappa shape index (κ2) is 8.26. The van der Waals surface area contributed by atoms with Crippen molar-refractivity contribution in [2.45, 2.75) is 45.2 Å². The van der Waals surface area contributed by atoms with E-state index in [-0.39, 0.29) is 17.9 Å². The number of anilines is 1. The normalized spacial score (nSPS) is 18.1. The van der Waals surface area contributed by atoms with Crippen LogP contribution >= 0.6 is 0 Å². The molecule has 2 amide bonds. The number of carbonyl (C=O) groups is 2. The first-order chi connectivity index (χ1) is 15.5. The molecule has 2 aliphatic heterocycles. The summed E-state index contributed by atoms with van der Waals surface area (Å²) < 4.78 is 0. The molecule has 1 saturated heterocycles. The second-order valence-electron chi connectivity index (χ2n) is 8.58. The van der Waals surface area contributed by atoms with Crippen LogP contribution in [0.2, 0.25) is 0 Å². The number of likely N-dealkylation sites (tertiary alicyclic amines) is 1. The first-order valence-electron chi connectivity index (χ1n) is 11.2. The van der Waals surface area contributed by atoms with Crippen molar-refractivity contribution >= 4 is 28.5 Å². The standard InChI is InChI=1S/C24H28N6O2/c1-15(31)29-11-9-18-20(14-29)27-24(28-23(18)25-2)21-8-5-10-30(21)22(32)12-16-13-26-19-7-4-3-6-17(16)19/h3-4,6-7,13,21,26H,5,8-12,14H2,1-2H3,(H,25,27,28). The van der Waals surface area contributed by atoms with Crippen molar-refractivity contribution in [1.29, 1.82) is 0 Å². The summed E-state index contributed by atoms with van der Waals surface area (Å²) in [6.07, 6.45) is 4.79. The number of nitrogens with zero attached hydrogens (tertiary/aromatic N) is 4. The zero-order valence-electron chi connectivity index (χ0n) is 18.5. The smallest absolute Gasteiger partial charge is 0.227 e. The molecule has 1 aromatic carbocycles. The van der Waals surface area contributed by atoms with E-state index in [0.29, 0.717) is 31.9 Å². The Morgan fingerprint density at radius 3 is 2.88 bits per heavy atom. The van der Waals surface area contributed by atoms with E-state index in [0.717, 1.165) is 52.8 Å². The lowest BCUT2D eigenvalue weighted by Gasteiger charge is -2.30. The monoisotopic (exact) mass is 432 g/mol. The van der Waals surface area contributed by atoms with Gasteiger partial charge in [0.15, 0.2) is 5.82 Å². The van der Waals surface area contributed by atoms with E-state index >= 15 is 0 Å². The van der Waals surface area contributed by atoms with E-state index in [2.05, 4.69) is 10.3 Å². The minimum absolute atomic E-state index is 0.0539. The molecule has 166 valence electrons. The molecule has 0 radical (unpaired) electrons. The van der Waals surface area contributed by atoms with Crippen molar-refractivity contribution in [2.24, 2.45) is 0 Å². The lowest BCUT2D eigenvalue weighted by Crippen LogP contribution is -2.37. The maximum Gasteiger partial charge on any atom is 0.227 e. The Morgan fingerprint density at radius 1 is 1.22 bits per heavy atom. The minimum atomic E-state index is -0.141. The highest BCUT2D eigenvalue weighted by Crippen LogP contribution is 2.34. The molecule has 2 N–H and O–H groups in total. The fourth-order valence-electron chi connectivity index (χ4n) is 4.95. The van der Waals surface area contributed by atoms with Crippen LogP contribution in [0.3, 0.4) is 0 Å². The zero-order chi connectivity index (χ0) is 22.2. The van der Waals surface area contributed by atoms with Gasteiger partial charge in [-0.15, -0.1) is 0 Å². The highest BCUT2D eigenvalue weighted by Gasteiger charge is 2.34. The van der Waals surface area contributed by atoms with Gasteiger partial charge < -0.3 is 20.1 Å². The molecule has 1 atom stereocenters. The van der Waals surface area contributed by atoms with E-state index < -0.39 is 0 Å². The van der Waals surface area contributed by atoms with E-state index in [1.807, 2.05) is 47.3 Å². The summed E-state index contributed by atoms with van der Waals surface area (Å²) in [6.45, 7) is 3.47. The molecular weight excluding hydrogens is 404 g/mol. The third-order valence-corrected chi connectivity index (χ3v) is 6.65. The van der Waals surface area contributed by atoms with Crippen LogP contribution in [0.1, 0.15) is 48.5 Å². The molecule has 0 saturated carbocycles. The average Bonchev–Trinajstić information content (AvgIpc) is 3.45.